The van der Waals surface area contributed by atoms with Crippen molar-refractivity contribution in [2.45, 2.75) is 19.9 Å². The SMILES string of the molecule is CCOc1cc(C2/C(=C(\O)c3cc(C)cc(Cl)c3OC)C(=O)C(=O)N2c2ccc(C#N)cc2)ccc1O. The molecule has 1 unspecified atom stereocenters. The number of benzene rings is 3. The minimum absolute atomic E-state index is 0.118. The number of ether oxygens (including phenoxy) is 2. The molecule has 1 saturated heterocycles. The number of nitriles is 1. The van der Waals surface area contributed by atoms with Crippen LogP contribution in [-0.4, -0.2) is 35.6 Å². The molecule has 9 heteroatoms. The average molecular weight is 519 g/mol. The van der Waals surface area contributed by atoms with Gasteiger partial charge >= 0.3 is 0 Å². The van der Waals surface area contributed by atoms with Crippen molar-refractivity contribution in [1.82, 2.24) is 0 Å². The number of aliphatic hydroxyl groups excluding tert-OH is 1. The highest BCUT2D eigenvalue weighted by molar-refractivity contribution is 6.51. The Morgan fingerprint density at radius 1 is 1.14 bits per heavy atom. The van der Waals surface area contributed by atoms with E-state index in [0.717, 1.165) is 0 Å². The van der Waals surface area contributed by atoms with Gasteiger partial charge in [0.05, 0.1) is 47.6 Å². The van der Waals surface area contributed by atoms with E-state index < -0.39 is 23.5 Å². The van der Waals surface area contributed by atoms with Gasteiger partial charge in [-0.15, -0.1) is 0 Å². The topological polar surface area (TPSA) is 120 Å². The van der Waals surface area contributed by atoms with E-state index in [0.29, 0.717) is 22.4 Å². The van der Waals surface area contributed by atoms with Crippen molar-refractivity contribution < 1.29 is 29.3 Å². The van der Waals surface area contributed by atoms with Crippen molar-refractivity contribution in [2.24, 2.45) is 0 Å². The second kappa shape index (κ2) is 10.2. The third kappa shape index (κ3) is 4.57. The molecule has 0 spiro atoms. The summed E-state index contributed by atoms with van der Waals surface area (Å²) in [6, 6.07) is 14.8. The van der Waals surface area contributed by atoms with Crippen molar-refractivity contribution in [3.8, 4) is 23.3 Å². The van der Waals surface area contributed by atoms with E-state index in [1.807, 2.05) is 6.07 Å². The number of hydrogen-bond donors (Lipinski definition) is 2. The summed E-state index contributed by atoms with van der Waals surface area (Å²) in [5.41, 5.74) is 1.78. The predicted octanol–water partition coefficient (Wildman–Crippen LogP) is 5.26. The van der Waals surface area contributed by atoms with E-state index in [9.17, 15) is 25.1 Å². The minimum atomic E-state index is -1.09. The molecule has 1 aliphatic rings. The second-order valence-corrected chi connectivity index (χ2v) is 8.72. The molecule has 1 fully saturated rings. The lowest BCUT2D eigenvalue weighted by Crippen LogP contribution is -2.29. The number of anilines is 1. The number of nitrogens with zero attached hydrogens (tertiary/aromatic N) is 2. The smallest absolute Gasteiger partial charge is 0.300 e. The molecule has 0 aromatic heterocycles. The standard InChI is InChI=1S/C28H23ClN2O6/c1-4-37-22-13-17(7-10-21(22)32)24-23(25(33)19-11-15(2)12-20(29)27(19)36-3)26(34)28(35)31(24)18-8-5-16(14-30)6-9-18/h5-13,24,32-33H,4H2,1-3H3/b25-23+. The van der Waals surface area contributed by atoms with Gasteiger partial charge in [0.15, 0.2) is 11.5 Å². The van der Waals surface area contributed by atoms with Crippen LogP contribution in [0.25, 0.3) is 5.76 Å². The molecule has 8 nitrogen and oxygen atoms in total. The molecule has 1 atom stereocenters. The molecule has 3 aromatic rings. The zero-order valence-electron chi connectivity index (χ0n) is 20.3. The van der Waals surface area contributed by atoms with Gasteiger partial charge in [0, 0.05) is 5.69 Å². The highest BCUT2D eigenvalue weighted by atomic mass is 35.5. The first-order chi connectivity index (χ1) is 17.7. The Morgan fingerprint density at radius 2 is 1.84 bits per heavy atom. The van der Waals surface area contributed by atoms with Gasteiger partial charge in [-0.3, -0.25) is 14.5 Å². The summed E-state index contributed by atoms with van der Waals surface area (Å²) in [5, 5.41) is 31.1. The number of Topliss-reactive ketones (excluding diaryl/α,β-unsaturated/α-hetero) is 1. The van der Waals surface area contributed by atoms with E-state index in [2.05, 4.69) is 0 Å². The lowest BCUT2D eigenvalue weighted by molar-refractivity contribution is -0.132. The molecule has 0 aliphatic carbocycles. The van der Waals surface area contributed by atoms with E-state index in [-0.39, 0.29) is 40.0 Å². The maximum absolute atomic E-state index is 13.4. The number of halogens is 1. The number of aromatic hydroxyl groups is 1. The summed E-state index contributed by atoms with van der Waals surface area (Å²) in [5.74, 6) is -2.07. The summed E-state index contributed by atoms with van der Waals surface area (Å²) >= 11 is 6.34. The Labute approximate surface area is 218 Å². The van der Waals surface area contributed by atoms with Crippen LogP contribution in [0.4, 0.5) is 5.69 Å². The summed E-state index contributed by atoms with van der Waals surface area (Å²) < 4.78 is 10.9. The molecule has 2 N–H and O–H groups in total. The molecule has 188 valence electrons. The number of carbonyl (C=O) groups excluding carboxylic acids is 2. The van der Waals surface area contributed by atoms with Gasteiger partial charge in [0.2, 0.25) is 0 Å². The highest BCUT2D eigenvalue weighted by Crippen LogP contribution is 2.45. The number of aryl methyl sites for hydroxylation is 1. The van der Waals surface area contributed by atoms with Crippen LogP contribution in [0.5, 0.6) is 17.2 Å². The van der Waals surface area contributed by atoms with Crippen LogP contribution in [0.2, 0.25) is 5.02 Å². The molecule has 0 radical (unpaired) electrons. The maximum atomic E-state index is 13.4. The van der Waals surface area contributed by atoms with Gasteiger partial charge in [-0.05, 0) is 73.5 Å². The van der Waals surface area contributed by atoms with Crippen LogP contribution in [0, 0.1) is 18.3 Å². The van der Waals surface area contributed by atoms with Crippen LogP contribution < -0.4 is 14.4 Å². The molecular weight excluding hydrogens is 496 g/mol. The number of phenols is 1. The first kappa shape index (κ1) is 25.6. The van der Waals surface area contributed by atoms with E-state index >= 15 is 0 Å². The van der Waals surface area contributed by atoms with Crippen molar-refractivity contribution in [3.63, 3.8) is 0 Å². The highest BCUT2D eigenvalue weighted by Gasteiger charge is 2.47. The molecule has 1 heterocycles. The monoisotopic (exact) mass is 518 g/mol. The van der Waals surface area contributed by atoms with Gasteiger partial charge in [-0.1, -0.05) is 17.7 Å². The molecule has 4 rings (SSSR count). The Balaban J connectivity index is 2.01. The zero-order valence-corrected chi connectivity index (χ0v) is 21.0. The average Bonchev–Trinajstić information content (AvgIpc) is 3.15. The van der Waals surface area contributed by atoms with Crippen LogP contribution >= 0.6 is 11.6 Å². The van der Waals surface area contributed by atoms with E-state index in [4.69, 9.17) is 21.1 Å². The summed E-state index contributed by atoms with van der Waals surface area (Å²) in [6.45, 7) is 3.79. The Bertz CT molecular complexity index is 1470. The maximum Gasteiger partial charge on any atom is 0.300 e. The van der Waals surface area contributed by atoms with Crippen LogP contribution in [-0.2, 0) is 9.59 Å². The van der Waals surface area contributed by atoms with Crippen LogP contribution in [0.1, 0.15) is 35.2 Å². The zero-order chi connectivity index (χ0) is 26.9. The quantitative estimate of drug-likeness (QED) is 0.259. The van der Waals surface area contributed by atoms with Crippen molar-refractivity contribution in [3.05, 3.63) is 87.4 Å². The number of rotatable bonds is 6. The van der Waals surface area contributed by atoms with Crippen LogP contribution in [0.3, 0.4) is 0 Å². The number of amides is 1. The Morgan fingerprint density at radius 3 is 2.46 bits per heavy atom. The van der Waals surface area contributed by atoms with Crippen LogP contribution in [0.15, 0.2) is 60.2 Å². The number of aliphatic hydroxyl groups is 1. The van der Waals surface area contributed by atoms with Gasteiger partial charge < -0.3 is 19.7 Å². The first-order valence-electron chi connectivity index (χ1n) is 11.3. The molecule has 1 aliphatic heterocycles. The van der Waals surface area contributed by atoms with Crippen molar-refractivity contribution in [1.29, 1.82) is 5.26 Å². The van der Waals surface area contributed by atoms with Gasteiger partial charge in [-0.25, -0.2) is 0 Å². The summed E-state index contributed by atoms with van der Waals surface area (Å²) in [4.78, 5) is 28.1. The van der Waals surface area contributed by atoms with Gasteiger partial charge in [-0.2, -0.15) is 5.26 Å². The predicted molar refractivity (Wildman–Crippen MR) is 138 cm³/mol. The van der Waals surface area contributed by atoms with Gasteiger partial charge in [0.1, 0.15) is 11.5 Å². The summed E-state index contributed by atoms with van der Waals surface area (Å²) in [7, 11) is 1.38. The molecular formula is C28H23ClN2O6. The van der Waals surface area contributed by atoms with Crippen molar-refractivity contribution >= 4 is 34.7 Å². The second-order valence-electron chi connectivity index (χ2n) is 8.32. The normalized spacial score (nSPS) is 16.5. The lowest BCUT2D eigenvalue weighted by Gasteiger charge is -2.26. The Kier molecular flexibility index (Phi) is 7.09. The minimum Gasteiger partial charge on any atom is -0.507 e. The number of phenolic OH excluding ortho intramolecular Hbond substituents is 1. The Hall–Kier alpha value is -4.48. The number of hydrogen-bond acceptors (Lipinski definition) is 7. The van der Waals surface area contributed by atoms with Crippen molar-refractivity contribution in [2.75, 3.05) is 18.6 Å². The van der Waals surface area contributed by atoms with E-state index in [1.54, 1.807) is 44.2 Å². The first-order valence-corrected chi connectivity index (χ1v) is 11.7. The fourth-order valence-corrected chi connectivity index (χ4v) is 4.69. The third-order valence-electron chi connectivity index (χ3n) is 5.97. The molecule has 0 saturated carbocycles. The molecule has 3 aromatic carbocycles. The number of carbonyl (C=O) groups is 2. The molecule has 1 amide bonds. The fraction of sp³-hybridized carbons (Fsp3) is 0.179. The number of methoxy groups -OCH3 is 1. The summed E-state index contributed by atoms with van der Waals surface area (Å²) in [6.07, 6.45) is 0. The number of ketones is 1. The fourth-order valence-electron chi connectivity index (χ4n) is 4.34. The molecule has 0 bridgehead atoms. The van der Waals surface area contributed by atoms with E-state index in [1.165, 1.54) is 36.3 Å². The lowest BCUT2D eigenvalue weighted by atomic mass is 9.94. The molecule has 37 heavy (non-hydrogen) atoms. The third-order valence-corrected chi connectivity index (χ3v) is 6.25. The van der Waals surface area contributed by atoms with Gasteiger partial charge in [0.25, 0.3) is 11.7 Å². The largest absolute Gasteiger partial charge is 0.507 e.